The molecular weight excluding hydrogens is 495 g/mol. The molecule has 0 aromatic heterocycles. The standard InChI is InChI=1S/C23H27IN2O4/c1-15(23(2,3)22(29)30-4)25-21(28)19(14-16-8-6-5-7-9-16)26-20(27)17-10-12-18(24)13-11-17/h5-13,15,19H,14H2,1-4H3,(H,25,28)(H,26,27)/t15-,19-/m0/s1. The highest BCUT2D eigenvalue weighted by Crippen LogP contribution is 2.22. The van der Waals surface area contributed by atoms with Crippen LogP contribution in [0.1, 0.15) is 36.7 Å². The number of amides is 2. The Labute approximate surface area is 190 Å². The molecule has 0 saturated heterocycles. The van der Waals surface area contributed by atoms with Crippen molar-refractivity contribution in [3.8, 4) is 0 Å². The Kier molecular flexibility index (Phi) is 8.40. The number of ether oxygens (including phenoxy) is 1. The first-order valence-corrected chi connectivity index (χ1v) is 10.7. The second-order valence-electron chi connectivity index (χ2n) is 7.67. The average Bonchev–Trinajstić information content (AvgIpc) is 2.73. The van der Waals surface area contributed by atoms with E-state index in [1.165, 1.54) is 7.11 Å². The van der Waals surface area contributed by atoms with E-state index in [2.05, 4.69) is 33.2 Å². The first kappa shape index (κ1) is 23.9. The zero-order valence-electron chi connectivity index (χ0n) is 17.6. The van der Waals surface area contributed by atoms with Crippen LogP contribution in [0.15, 0.2) is 54.6 Å². The zero-order chi connectivity index (χ0) is 22.3. The molecule has 0 aliphatic rings. The summed E-state index contributed by atoms with van der Waals surface area (Å²) in [4.78, 5) is 37.9. The van der Waals surface area contributed by atoms with Crippen LogP contribution in [-0.4, -0.2) is 37.0 Å². The summed E-state index contributed by atoms with van der Waals surface area (Å²) < 4.78 is 5.86. The molecule has 2 amide bonds. The van der Waals surface area contributed by atoms with Gasteiger partial charge in [-0.05, 0) is 73.2 Å². The molecule has 0 saturated carbocycles. The summed E-state index contributed by atoms with van der Waals surface area (Å²) in [5.41, 5.74) is 0.478. The molecule has 0 heterocycles. The number of methoxy groups -OCH3 is 1. The SMILES string of the molecule is COC(=O)C(C)(C)[C@H](C)NC(=O)[C@H](Cc1ccccc1)NC(=O)c1ccc(I)cc1. The molecule has 2 aromatic carbocycles. The van der Waals surface area contributed by atoms with E-state index in [-0.39, 0.29) is 11.8 Å². The van der Waals surface area contributed by atoms with Crippen molar-refractivity contribution in [1.82, 2.24) is 10.6 Å². The summed E-state index contributed by atoms with van der Waals surface area (Å²) in [7, 11) is 1.32. The van der Waals surface area contributed by atoms with Gasteiger partial charge in [-0.1, -0.05) is 30.3 Å². The molecule has 0 radical (unpaired) electrons. The van der Waals surface area contributed by atoms with Crippen molar-refractivity contribution in [3.63, 3.8) is 0 Å². The molecule has 2 N–H and O–H groups in total. The fourth-order valence-corrected chi connectivity index (χ4v) is 3.20. The lowest BCUT2D eigenvalue weighted by Gasteiger charge is -2.31. The Balaban J connectivity index is 2.19. The van der Waals surface area contributed by atoms with Crippen molar-refractivity contribution in [2.24, 2.45) is 5.41 Å². The van der Waals surface area contributed by atoms with Gasteiger partial charge in [-0.25, -0.2) is 0 Å². The Morgan fingerprint density at radius 1 is 1.00 bits per heavy atom. The van der Waals surface area contributed by atoms with Crippen molar-refractivity contribution in [2.45, 2.75) is 39.3 Å². The fourth-order valence-electron chi connectivity index (χ4n) is 2.84. The minimum atomic E-state index is -0.915. The Morgan fingerprint density at radius 2 is 1.60 bits per heavy atom. The average molecular weight is 522 g/mol. The summed E-state index contributed by atoms with van der Waals surface area (Å²) >= 11 is 2.17. The van der Waals surface area contributed by atoms with Crippen LogP contribution in [0, 0.1) is 8.99 Å². The molecule has 0 spiro atoms. The number of carbonyl (C=O) groups excluding carboxylic acids is 3. The van der Waals surface area contributed by atoms with Crippen molar-refractivity contribution in [2.75, 3.05) is 7.11 Å². The van der Waals surface area contributed by atoms with Crippen LogP contribution < -0.4 is 10.6 Å². The monoisotopic (exact) mass is 522 g/mol. The molecule has 6 nitrogen and oxygen atoms in total. The largest absolute Gasteiger partial charge is 0.469 e. The maximum Gasteiger partial charge on any atom is 0.313 e. The Morgan fingerprint density at radius 3 is 2.17 bits per heavy atom. The molecule has 0 bridgehead atoms. The lowest BCUT2D eigenvalue weighted by atomic mass is 9.85. The number of halogens is 1. The molecule has 2 rings (SSSR count). The van der Waals surface area contributed by atoms with E-state index >= 15 is 0 Å². The van der Waals surface area contributed by atoms with Gasteiger partial charge >= 0.3 is 5.97 Å². The lowest BCUT2D eigenvalue weighted by molar-refractivity contribution is -0.152. The smallest absolute Gasteiger partial charge is 0.313 e. The highest BCUT2D eigenvalue weighted by molar-refractivity contribution is 14.1. The van der Waals surface area contributed by atoms with Crippen LogP contribution in [0.3, 0.4) is 0 Å². The van der Waals surface area contributed by atoms with Crippen LogP contribution in [-0.2, 0) is 20.7 Å². The van der Waals surface area contributed by atoms with Crippen molar-refractivity contribution >= 4 is 40.4 Å². The number of nitrogens with one attached hydrogen (secondary N) is 2. The molecule has 2 aromatic rings. The van der Waals surface area contributed by atoms with Crippen LogP contribution in [0.5, 0.6) is 0 Å². The normalized spacial score (nSPS) is 13.1. The van der Waals surface area contributed by atoms with Gasteiger partial charge in [0.1, 0.15) is 6.04 Å². The number of rotatable bonds is 8. The second kappa shape index (κ2) is 10.6. The molecular formula is C23H27IN2O4. The Hall–Kier alpha value is -2.42. The third-order valence-corrected chi connectivity index (χ3v) is 5.88. The van der Waals surface area contributed by atoms with Gasteiger partial charge < -0.3 is 15.4 Å². The maximum atomic E-state index is 13.1. The first-order valence-electron chi connectivity index (χ1n) is 9.64. The quantitative estimate of drug-likeness (QED) is 0.412. The first-order chi connectivity index (χ1) is 14.1. The van der Waals surface area contributed by atoms with Crippen LogP contribution in [0.25, 0.3) is 0 Å². The highest BCUT2D eigenvalue weighted by Gasteiger charge is 2.37. The zero-order valence-corrected chi connectivity index (χ0v) is 19.7. The number of carbonyl (C=O) groups is 3. The van der Waals surface area contributed by atoms with Gasteiger partial charge in [0.15, 0.2) is 0 Å². The minimum Gasteiger partial charge on any atom is -0.469 e. The van der Waals surface area contributed by atoms with Gasteiger partial charge in [0.25, 0.3) is 5.91 Å². The van der Waals surface area contributed by atoms with Crippen LogP contribution in [0.4, 0.5) is 0 Å². The molecule has 0 aliphatic carbocycles. The summed E-state index contributed by atoms with van der Waals surface area (Å²) in [6, 6.07) is 15.3. The van der Waals surface area contributed by atoms with Gasteiger partial charge in [-0.15, -0.1) is 0 Å². The lowest BCUT2D eigenvalue weighted by Crippen LogP contribution is -2.54. The van der Waals surface area contributed by atoms with E-state index < -0.39 is 23.5 Å². The van der Waals surface area contributed by atoms with Gasteiger partial charge in [0.05, 0.1) is 12.5 Å². The molecule has 7 heteroatoms. The molecule has 160 valence electrons. The summed E-state index contributed by atoms with van der Waals surface area (Å²) in [5, 5.41) is 5.70. The summed E-state index contributed by atoms with van der Waals surface area (Å²) in [6.07, 6.45) is 0.328. The second-order valence-corrected chi connectivity index (χ2v) is 8.91. The van der Waals surface area contributed by atoms with Gasteiger partial charge in [-0.2, -0.15) is 0 Å². The van der Waals surface area contributed by atoms with Gasteiger partial charge in [0.2, 0.25) is 5.91 Å². The molecule has 0 aliphatic heterocycles. The van der Waals surface area contributed by atoms with Gasteiger partial charge in [-0.3, -0.25) is 14.4 Å². The van der Waals surface area contributed by atoms with Crippen molar-refractivity contribution in [3.05, 3.63) is 69.3 Å². The highest BCUT2D eigenvalue weighted by atomic mass is 127. The number of esters is 1. The third kappa shape index (κ3) is 6.29. The van der Waals surface area contributed by atoms with Gasteiger partial charge in [0, 0.05) is 21.6 Å². The van der Waals surface area contributed by atoms with Crippen molar-refractivity contribution < 1.29 is 19.1 Å². The van der Waals surface area contributed by atoms with E-state index in [1.54, 1.807) is 32.9 Å². The van der Waals surface area contributed by atoms with Crippen LogP contribution in [0.2, 0.25) is 0 Å². The molecule has 30 heavy (non-hydrogen) atoms. The maximum absolute atomic E-state index is 13.1. The summed E-state index contributed by atoms with van der Waals surface area (Å²) in [6.45, 7) is 5.16. The number of benzene rings is 2. The van der Waals surface area contributed by atoms with E-state index in [0.29, 0.717) is 12.0 Å². The molecule has 0 fully saturated rings. The number of hydrogen-bond donors (Lipinski definition) is 2. The van der Waals surface area contributed by atoms with E-state index in [1.807, 2.05) is 42.5 Å². The predicted molar refractivity (Wildman–Crippen MR) is 124 cm³/mol. The minimum absolute atomic E-state index is 0.328. The van der Waals surface area contributed by atoms with Crippen LogP contribution >= 0.6 is 22.6 Å². The molecule has 0 unspecified atom stereocenters. The van der Waals surface area contributed by atoms with Crippen molar-refractivity contribution in [1.29, 1.82) is 0 Å². The topological polar surface area (TPSA) is 84.5 Å². The number of hydrogen-bond acceptors (Lipinski definition) is 4. The Bertz CT molecular complexity index is 882. The van der Waals surface area contributed by atoms with E-state index in [0.717, 1.165) is 9.13 Å². The third-order valence-electron chi connectivity index (χ3n) is 5.16. The summed E-state index contributed by atoms with van der Waals surface area (Å²) in [5.74, 6) is -1.11. The van der Waals surface area contributed by atoms with E-state index in [4.69, 9.17) is 4.74 Å². The predicted octanol–water partition coefficient (Wildman–Crippen LogP) is 3.34. The van der Waals surface area contributed by atoms with E-state index in [9.17, 15) is 14.4 Å². The fraction of sp³-hybridized carbons (Fsp3) is 0.348. The molecule has 2 atom stereocenters.